The van der Waals surface area contributed by atoms with Crippen LogP contribution >= 0.6 is 0 Å². The largest absolute Gasteiger partial charge is 0.442 e. The minimum atomic E-state index is -0.261. The number of fused-ring (bicyclic) bond motifs is 1. The van der Waals surface area contributed by atoms with Gasteiger partial charge in [0.2, 0.25) is 0 Å². The molecule has 3 heterocycles. The topological polar surface area (TPSA) is 67.6 Å². The first-order chi connectivity index (χ1) is 12.9. The van der Waals surface area contributed by atoms with Crippen molar-refractivity contribution in [3.05, 3.63) is 95.9 Å². The fraction of sp³-hybridized carbons (Fsp3) is 0.0952. The van der Waals surface area contributed by atoms with Gasteiger partial charge in [-0.25, -0.2) is 4.98 Å². The third kappa shape index (κ3) is 2.21. The first-order valence-electron chi connectivity index (χ1n) is 8.48. The van der Waals surface area contributed by atoms with Crippen LogP contribution in [0.15, 0.2) is 77.9 Å². The van der Waals surface area contributed by atoms with Crippen LogP contribution in [0, 0.1) is 0 Å². The molecule has 0 amide bonds. The van der Waals surface area contributed by atoms with Crippen molar-refractivity contribution >= 4 is 6.08 Å². The number of oxazole rings is 1. The van der Waals surface area contributed by atoms with Crippen LogP contribution in [0.2, 0.25) is 0 Å². The number of nitrogens with zero attached hydrogens (tertiary/aromatic N) is 3. The van der Waals surface area contributed by atoms with Crippen LogP contribution in [0.25, 0.3) is 17.5 Å². The summed E-state index contributed by atoms with van der Waals surface area (Å²) < 4.78 is 5.43. The van der Waals surface area contributed by atoms with E-state index >= 15 is 0 Å². The molecule has 0 bridgehead atoms. The van der Waals surface area contributed by atoms with Gasteiger partial charge in [0.15, 0.2) is 12.2 Å². The van der Waals surface area contributed by atoms with E-state index in [4.69, 9.17) is 4.42 Å². The number of allylic oxidation sites excluding steroid dienone is 1. The normalized spacial score (nSPS) is 18.6. The van der Waals surface area contributed by atoms with Crippen LogP contribution in [0.5, 0.6) is 0 Å². The number of hydrogen-bond donors (Lipinski definition) is 1. The molecule has 126 valence electrons. The number of nitrogens with one attached hydrogen (secondary N) is 1. The fourth-order valence-corrected chi connectivity index (χ4v) is 3.73. The Kier molecular flexibility index (Phi) is 3.31. The number of hydrogen-bond acceptors (Lipinski definition) is 4. The minimum absolute atomic E-state index is 0.261. The second-order valence-corrected chi connectivity index (χ2v) is 6.41. The molecule has 1 atom stereocenters. The number of aromatic nitrogens is 4. The average molecular weight is 340 g/mol. The first-order valence-corrected chi connectivity index (χ1v) is 8.48. The van der Waals surface area contributed by atoms with Crippen molar-refractivity contribution in [2.45, 2.75) is 11.8 Å². The number of benzene rings is 1. The van der Waals surface area contributed by atoms with Crippen molar-refractivity contribution in [2.75, 3.05) is 0 Å². The summed E-state index contributed by atoms with van der Waals surface area (Å²) in [6, 6.07) is 14.7. The Labute approximate surface area is 150 Å². The van der Waals surface area contributed by atoms with E-state index in [0.29, 0.717) is 5.76 Å². The maximum Gasteiger partial charge on any atom is 0.181 e. The Morgan fingerprint density at radius 1 is 0.962 bits per heavy atom. The zero-order valence-corrected chi connectivity index (χ0v) is 14.0. The van der Waals surface area contributed by atoms with Gasteiger partial charge in [0, 0.05) is 35.5 Å². The summed E-state index contributed by atoms with van der Waals surface area (Å²) in [6.07, 6.45) is 12.0. The first kappa shape index (κ1) is 14.8. The van der Waals surface area contributed by atoms with E-state index in [-0.39, 0.29) is 5.41 Å². The summed E-state index contributed by atoms with van der Waals surface area (Å²) in [5.74, 6) is 0.670. The summed E-state index contributed by atoms with van der Waals surface area (Å²) in [4.78, 5) is 8.18. The third-order valence-electron chi connectivity index (χ3n) is 5.02. The van der Waals surface area contributed by atoms with Gasteiger partial charge >= 0.3 is 0 Å². The van der Waals surface area contributed by atoms with E-state index in [0.717, 1.165) is 23.4 Å². The lowest BCUT2D eigenvalue weighted by Crippen LogP contribution is -2.30. The van der Waals surface area contributed by atoms with Crippen molar-refractivity contribution in [2.24, 2.45) is 0 Å². The lowest BCUT2D eigenvalue weighted by Gasteiger charge is -2.34. The molecule has 0 radical (unpaired) electrons. The molecule has 4 aromatic rings. The molecule has 1 aromatic carbocycles. The van der Waals surface area contributed by atoms with Gasteiger partial charge in [0.25, 0.3) is 0 Å². The third-order valence-corrected chi connectivity index (χ3v) is 5.02. The molecule has 0 fully saturated rings. The van der Waals surface area contributed by atoms with Crippen molar-refractivity contribution in [1.82, 2.24) is 20.2 Å². The summed E-state index contributed by atoms with van der Waals surface area (Å²) >= 11 is 0. The molecule has 0 spiro atoms. The maximum atomic E-state index is 5.43. The lowest BCUT2D eigenvalue weighted by atomic mass is 9.68. The Bertz CT molecular complexity index is 1010. The van der Waals surface area contributed by atoms with Gasteiger partial charge in [-0.05, 0) is 23.3 Å². The predicted molar refractivity (Wildman–Crippen MR) is 98.3 cm³/mol. The molecule has 1 aliphatic carbocycles. The zero-order chi connectivity index (χ0) is 17.4. The highest BCUT2D eigenvalue weighted by Crippen LogP contribution is 2.42. The number of aromatic amines is 1. The van der Waals surface area contributed by atoms with E-state index in [1.54, 1.807) is 6.20 Å². The van der Waals surface area contributed by atoms with Gasteiger partial charge in [-0.1, -0.05) is 42.5 Å². The molecule has 1 aliphatic rings. The van der Waals surface area contributed by atoms with Crippen LogP contribution in [-0.4, -0.2) is 20.2 Å². The van der Waals surface area contributed by atoms with Gasteiger partial charge in [0.1, 0.15) is 5.69 Å². The van der Waals surface area contributed by atoms with Crippen LogP contribution in [0.3, 0.4) is 0 Å². The maximum absolute atomic E-state index is 5.43. The predicted octanol–water partition coefficient (Wildman–Crippen LogP) is 4.02. The van der Waals surface area contributed by atoms with Crippen LogP contribution < -0.4 is 0 Å². The van der Waals surface area contributed by atoms with Gasteiger partial charge < -0.3 is 4.42 Å². The van der Waals surface area contributed by atoms with Crippen molar-refractivity contribution in [3.63, 3.8) is 0 Å². The van der Waals surface area contributed by atoms with Crippen molar-refractivity contribution in [3.8, 4) is 11.5 Å². The lowest BCUT2D eigenvalue weighted by molar-refractivity contribution is 0.569. The number of H-pyrrole nitrogens is 1. The van der Waals surface area contributed by atoms with Crippen molar-refractivity contribution in [1.29, 1.82) is 0 Å². The highest BCUT2D eigenvalue weighted by atomic mass is 16.3. The second-order valence-electron chi connectivity index (χ2n) is 6.41. The quantitative estimate of drug-likeness (QED) is 0.612. The van der Waals surface area contributed by atoms with E-state index < -0.39 is 0 Å². The summed E-state index contributed by atoms with van der Waals surface area (Å²) in [5, 5.41) is 7.67. The second kappa shape index (κ2) is 5.81. The zero-order valence-electron chi connectivity index (χ0n) is 14.0. The number of rotatable bonds is 3. The molecule has 5 heteroatoms. The molecular weight excluding hydrogens is 324 g/mol. The molecule has 26 heavy (non-hydrogen) atoms. The molecule has 5 nitrogen and oxygen atoms in total. The van der Waals surface area contributed by atoms with Gasteiger partial charge in [-0.2, -0.15) is 5.10 Å². The van der Waals surface area contributed by atoms with Crippen LogP contribution in [0.1, 0.15) is 22.4 Å². The van der Waals surface area contributed by atoms with E-state index in [1.165, 1.54) is 17.5 Å². The molecule has 0 saturated heterocycles. The van der Waals surface area contributed by atoms with E-state index in [1.807, 2.05) is 18.5 Å². The van der Waals surface area contributed by atoms with Gasteiger partial charge in [-0.15, -0.1) is 0 Å². The summed E-state index contributed by atoms with van der Waals surface area (Å²) in [5.41, 5.74) is 5.12. The Balaban J connectivity index is 1.67. The molecular formula is C21H16N4O. The smallest absolute Gasteiger partial charge is 0.181 e. The van der Waals surface area contributed by atoms with E-state index in [9.17, 15) is 0 Å². The molecule has 0 aliphatic heterocycles. The molecule has 1 unspecified atom stereocenters. The van der Waals surface area contributed by atoms with Crippen LogP contribution in [-0.2, 0) is 11.8 Å². The molecule has 1 N–H and O–H groups in total. The highest BCUT2D eigenvalue weighted by molar-refractivity contribution is 5.73. The fourth-order valence-electron chi connectivity index (χ4n) is 3.73. The van der Waals surface area contributed by atoms with Crippen molar-refractivity contribution < 1.29 is 4.42 Å². The Morgan fingerprint density at radius 3 is 2.54 bits per heavy atom. The summed E-state index contributed by atoms with van der Waals surface area (Å²) in [7, 11) is 0. The molecule has 5 rings (SSSR count). The van der Waals surface area contributed by atoms with Gasteiger partial charge in [0.05, 0.1) is 6.20 Å². The standard InChI is InChI=1S/C21H16N4O/c1-2-4-15(5-3-1)21(16-7-10-22-11-8-16)9-6-17-18(12-21)24-25-20(17)19-13-23-14-26-19/h1-11,13-14H,12H2,(H,24,25). The Hall–Kier alpha value is -3.47. The molecule has 0 saturated carbocycles. The average Bonchev–Trinajstić information content (AvgIpc) is 3.38. The summed E-state index contributed by atoms with van der Waals surface area (Å²) in [6.45, 7) is 0. The van der Waals surface area contributed by atoms with Crippen LogP contribution in [0.4, 0.5) is 0 Å². The SMILES string of the molecule is C1=CC(c2ccccc2)(c2ccncc2)Cc2[nH]nc(-c3cnco3)c21. The minimum Gasteiger partial charge on any atom is -0.442 e. The van der Waals surface area contributed by atoms with E-state index in [2.05, 4.69) is 68.7 Å². The van der Waals surface area contributed by atoms with Gasteiger partial charge in [-0.3, -0.25) is 10.1 Å². The highest BCUT2D eigenvalue weighted by Gasteiger charge is 2.36. The Morgan fingerprint density at radius 2 is 1.77 bits per heavy atom. The molecule has 3 aromatic heterocycles. The number of pyridine rings is 1. The monoisotopic (exact) mass is 340 g/mol.